The number of aromatic nitrogens is 1. The molecule has 0 aliphatic carbocycles. The fraction of sp³-hybridized carbons (Fsp3) is 0.406. The van der Waals surface area contributed by atoms with E-state index >= 15 is 0 Å². The molecular formula is C32H32F7N3O3. The number of nitrogens with zero attached hydrogens (tertiary/aromatic N) is 2. The van der Waals surface area contributed by atoms with Gasteiger partial charge in [-0.15, -0.1) is 0 Å². The van der Waals surface area contributed by atoms with Crippen molar-refractivity contribution < 1.29 is 45.4 Å². The zero-order chi connectivity index (χ0) is 33.9. The molecule has 13 heteroatoms. The number of hydrogen-bond donors (Lipinski definition) is 2. The van der Waals surface area contributed by atoms with Gasteiger partial charge in [-0.3, -0.25) is 14.6 Å². The lowest BCUT2D eigenvalue weighted by molar-refractivity contribution is -0.143. The summed E-state index contributed by atoms with van der Waals surface area (Å²) in [6, 6.07) is 6.54. The van der Waals surface area contributed by atoms with Crippen LogP contribution >= 0.6 is 0 Å². The quantitative estimate of drug-likeness (QED) is 0.292. The lowest BCUT2D eigenvalue weighted by atomic mass is 9.79. The molecule has 2 atom stereocenters. The minimum absolute atomic E-state index is 0.00458. The van der Waals surface area contributed by atoms with Crippen LogP contribution in [0.1, 0.15) is 61.6 Å². The summed E-state index contributed by atoms with van der Waals surface area (Å²) in [5.41, 5.74) is -5.15. The van der Waals surface area contributed by atoms with Crippen molar-refractivity contribution >= 4 is 17.5 Å². The van der Waals surface area contributed by atoms with Gasteiger partial charge in [-0.25, -0.2) is 4.39 Å². The summed E-state index contributed by atoms with van der Waals surface area (Å²) >= 11 is 0. The number of rotatable bonds is 6. The SMILES string of the molecule is Cc1cc(F)ccc1-c1cc(C2CNC(=O)C2C(C)(C)O)ncc1N(C)C(=O)C(C)(C)c1cc(C(F)(F)F)cc(C(F)(F)F)c1. The molecule has 3 aromatic rings. The number of amides is 2. The van der Waals surface area contributed by atoms with Crippen molar-refractivity contribution in [2.75, 3.05) is 18.5 Å². The van der Waals surface area contributed by atoms with Gasteiger partial charge in [0, 0.05) is 30.8 Å². The van der Waals surface area contributed by atoms with E-state index in [0.717, 1.165) is 4.90 Å². The Morgan fingerprint density at radius 2 is 1.47 bits per heavy atom. The number of aryl methyl sites for hydroxylation is 1. The normalized spacial score (nSPS) is 17.8. The first kappa shape index (κ1) is 33.9. The van der Waals surface area contributed by atoms with Crippen molar-refractivity contribution in [3.63, 3.8) is 0 Å². The van der Waals surface area contributed by atoms with Crippen LogP contribution in [-0.2, 0) is 27.4 Å². The maximum Gasteiger partial charge on any atom is 0.416 e. The summed E-state index contributed by atoms with van der Waals surface area (Å²) in [4.78, 5) is 32.1. The monoisotopic (exact) mass is 639 g/mol. The Kier molecular flexibility index (Phi) is 8.60. The number of nitrogens with one attached hydrogen (secondary N) is 1. The Balaban J connectivity index is 1.86. The summed E-state index contributed by atoms with van der Waals surface area (Å²) in [6.07, 6.45) is -8.91. The lowest BCUT2D eigenvalue weighted by Gasteiger charge is -2.32. The number of carbonyl (C=O) groups is 2. The average molecular weight is 640 g/mol. The van der Waals surface area contributed by atoms with Crippen LogP contribution in [0, 0.1) is 18.7 Å². The number of halogens is 7. The first-order valence-electron chi connectivity index (χ1n) is 13.9. The number of pyridine rings is 1. The summed E-state index contributed by atoms with van der Waals surface area (Å²) in [7, 11) is 1.31. The highest BCUT2D eigenvalue weighted by atomic mass is 19.4. The highest BCUT2D eigenvalue weighted by Gasteiger charge is 2.46. The number of benzene rings is 2. The predicted octanol–water partition coefficient (Wildman–Crippen LogP) is 6.77. The molecule has 2 heterocycles. The molecule has 0 radical (unpaired) electrons. The average Bonchev–Trinajstić information content (AvgIpc) is 3.32. The predicted molar refractivity (Wildman–Crippen MR) is 153 cm³/mol. The molecule has 1 fully saturated rings. The second-order valence-corrected chi connectivity index (χ2v) is 12.4. The van der Waals surface area contributed by atoms with Gasteiger partial charge in [-0.05, 0) is 87.7 Å². The van der Waals surface area contributed by atoms with E-state index in [1.54, 1.807) is 13.0 Å². The minimum Gasteiger partial charge on any atom is -0.390 e. The molecular weight excluding hydrogens is 607 g/mol. The second-order valence-electron chi connectivity index (χ2n) is 12.4. The van der Waals surface area contributed by atoms with E-state index in [1.807, 2.05) is 0 Å². The molecule has 1 aromatic heterocycles. The zero-order valence-corrected chi connectivity index (χ0v) is 25.3. The molecule has 2 unspecified atom stereocenters. The highest BCUT2D eigenvalue weighted by Crippen LogP contribution is 2.42. The van der Waals surface area contributed by atoms with Gasteiger partial charge in [0.05, 0.1) is 39.9 Å². The summed E-state index contributed by atoms with van der Waals surface area (Å²) < 4.78 is 95.7. The Bertz CT molecular complexity index is 1610. The van der Waals surface area contributed by atoms with Crippen LogP contribution < -0.4 is 10.2 Å². The molecule has 242 valence electrons. The Labute approximate surface area is 255 Å². The van der Waals surface area contributed by atoms with Crippen LogP contribution in [0.2, 0.25) is 0 Å². The smallest absolute Gasteiger partial charge is 0.390 e. The van der Waals surface area contributed by atoms with Crippen LogP contribution in [0.15, 0.2) is 48.7 Å². The fourth-order valence-corrected chi connectivity index (χ4v) is 5.76. The molecule has 0 spiro atoms. The molecule has 0 saturated carbocycles. The molecule has 45 heavy (non-hydrogen) atoms. The van der Waals surface area contributed by atoms with Crippen molar-refractivity contribution in [1.29, 1.82) is 0 Å². The van der Waals surface area contributed by atoms with Crippen molar-refractivity contribution in [2.45, 2.75) is 63.9 Å². The number of hydrogen-bond acceptors (Lipinski definition) is 4. The van der Waals surface area contributed by atoms with Gasteiger partial charge >= 0.3 is 12.4 Å². The van der Waals surface area contributed by atoms with Gasteiger partial charge in [0.1, 0.15) is 5.82 Å². The third-order valence-electron chi connectivity index (χ3n) is 8.21. The van der Waals surface area contributed by atoms with Gasteiger partial charge < -0.3 is 15.3 Å². The van der Waals surface area contributed by atoms with E-state index in [4.69, 9.17) is 0 Å². The molecule has 1 aliphatic heterocycles. The van der Waals surface area contributed by atoms with E-state index in [2.05, 4.69) is 10.3 Å². The molecule has 2 amide bonds. The van der Waals surface area contributed by atoms with Crippen molar-refractivity contribution in [3.05, 3.63) is 82.4 Å². The molecule has 2 N–H and O–H groups in total. The molecule has 4 rings (SSSR count). The fourth-order valence-electron chi connectivity index (χ4n) is 5.76. The van der Waals surface area contributed by atoms with Gasteiger partial charge in [0.25, 0.3) is 0 Å². The van der Waals surface area contributed by atoms with Crippen LogP contribution in [0.4, 0.5) is 36.4 Å². The minimum atomic E-state index is -5.11. The van der Waals surface area contributed by atoms with Crippen molar-refractivity contribution in [1.82, 2.24) is 10.3 Å². The van der Waals surface area contributed by atoms with E-state index in [1.165, 1.54) is 59.1 Å². The third kappa shape index (κ3) is 6.68. The van der Waals surface area contributed by atoms with E-state index in [-0.39, 0.29) is 24.2 Å². The molecule has 6 nitrogen and oxygen atoms in total. The van der Waals surface area contributed by atoms with Gasteiger partial charge in [-0.1, -0.05) is 6.07 Å². The topological polar surface area (TPSA) is 82.5 Å². The Morgan fingerprint density at radius 1 is 0.911 bits per heavy atom. The van der Waals surface area contributed by atoms with Crippen LogP contribution in [-0.4, -0.2) is 41.1 Å². The lowest BCUT2D eigenvalue weighted by Crippen LogP contribution is -2.42. The van der Waals surface area contributed by atoms with Crippen LogP contribution in [0.3, 0.4) is 0 Å². The summed E-state index contributed by atoms with van der Waals surface area (Å²) in [6.45, 7) is 7.19. The molecule has 1 saturated heterocycles. The molecule has 0 bridgehead atoms. The number of aliphatic hydroxyl groups is 1. The standard InChI is InChI=1S/C32H32F7N3O3/c1-16-9-20(33)7-8-21(16)22-13-24(23-14-41-27(43)26(23)30(4,5)45)40-15-25(22)42(6)28(44)29(2,3)17-10-18(31(34,35)36)12-19(11-17)32(37,38)39/h7-13,15,23,26,45H,14H2,1-6H3,(H,41,43). The summed E-state index contributed by atoms with van der Waals surface area (Å²) in [5.74, 6) is -3.23. The first-order chi connectivity index (χ1) is 20.5. The largest absolute Gasteiger partial charge is 0.416 e. The van der Waals surface area contributed by atoms with Gasteiger partial charge in [-0.2, -0.15) is 26.3 Å². The molecule has 1 aliphatic rings. The number of anilines is 1. The van der Waals surface area contributed by atoms with Crippen LogP contribution in [0.25, 0.3) is 11.1 Å². The second kappa shape index (κ2) is 11.4. The Hall–Kier alpha value is -4.00. The van der Waals surface area contributed by atoms with Crippen molar-refractivity contribution in [3.8, 4) is 11.1 Å². The highest BCUT2D eigenvalue weighted by molar-refractivity contribution is 6.03. The first-order valence-corrected chi connectivity index (χ1v) is 13.9. The number of carbonyl (C=O) groups excluding carboxylic acids is 2. The van der Waals surface area contributed by atoms with E-state index < -0.39 is 63.6 Å². The number of likely N-dealkylation sites (N-methyl/N-ethyl adjacent to an activating group) is 1. The summed E-state index contributed by atoms with van der Waals surface area (Å²) in [5, 5.41) is 13.4. The maximum absolute atomic E-state index is 14.1. The van der Waals surface area contributed by atoms with E-state index in [9.17, 15) is 45.4 Å². The Morgan fingerprint density at radius 3 is 1.98 bits per heavy atom. The van der Waals surface area contributed by atoms with Crippen molar-refractivity contribution in [2.24, 2.45) is 5.92 Å². The molecule has 2 aromatic carbocycles. The number of alkyl halides is 6. The van der Waals surface area contributed by atoms with Crippen LogP contribution in [0.5, 0.6) is 0 Å². The maximum atomic E-state index is 14.1. The zero-order valence-electron chi connectivity index (χ0n) is 25.3. The van der Waals surface area contributed by atoms with Gasteiger partial charge in [0.15, 0.2) is 0 Å². The van der Waals surface area contributed by atoms with E-state index in [0.29, 0.717) is 34.5 Å². The van der Waals surface area contributed by atoms with Gasteiger partial charge in [0.2, 0.25) is 11.8 Å². The third-order valence-corrected chi connectivity index (χ3v) is 8.21.